The second-order valence-electron chi connectivity index (χ2n) is 4.94. The first-order valence-corrected chi connectivity index (χ1v) is 6.19. The average Bonchev–Trinajstić information content (AvgIpc) is 2.37. The van der Waals surface area contributed by atoms with Crippen LogP contribution in [0.25, 0.3) is 0 Å². The fraction of sp³-hybridized carbons (Fsp3) is 0.467. The Bertz CT molecular complexity index is 488. The molecule has 3 aliphatic carbocycles. The molecule has 0 aromatic heterocycles. The third-order valence-corrected chi connectivity index (χ3v) is 4.15. The van der Waals surface area contributed by atoms with Crippen molar-refractivity contribution in [2.75, 3.05) is 14.2 Å². The van der Waals surface area contributed by atoms with E-state index in [0.29, 0.717) is 11.8 Å². The van der Waals surface area contributed by atoms with Crippen molar-refractivity contribution in [1.29, 1.82) is 0 Å². The molecule has 0 heterocycles. The highest BCUT2D eigenvalue weighted by molar-refractivity contribution is 5.59. The van der Waals surface area contributed by atoms with Gasteiger partial charge in [0.25, 0.3) is 0 Å². The highest BCUT2D eigenvalue weighted by Gasteiger charge is 2.36. The molecule has 17 heavy (non-hydrogen) atoms. The molecular formula is C15H18O2. The van der Waals surface area contributed by atoms with Crippen molar-refractivity contribution >= 4 is 0 Å². The van der Waals surface area contributed by atoms with Crippen molar-refractivity contribution in [3.8, 4) is 11.5 Å². The van der Waals surface area contributed by atoms with Crippen LogP contribution in [0.15, 0.2) is 23.8 Å². The Hall–Kier alpha value is -1.44. The highest BCUT2D eigenvalue weighted by Crippen LogP contribution is 2.54. The molecule has 0 spiro atoms. The molecule has 0 amide bonds. The lowest BCUT2D eigenvalue weighted by Gasteiger charge is -2.38. The summed E-state index contributed by atoms with van der Waals surface area (Å²) in [7, 11) is 3.50. The maximum Gasteiger partial charge on any atom is 0.123 e. The molecule has 0 saturated carbocycles. The molecule has 0 N–H and O–H groups in total. The number of benzene rings is 1. The quantitative estimate of drug-likeness (QED) is 0.722. The normalized spacial score (nSPS) is 25.2. The lowest BCUT2D eigenvalue weighted by Crippen LogP contribution is -2.21. The van der Waals surface area contributed by atoms with Gasteiger partial charge in [0.05, 0.1) is 14.2 Å². The SMILES string of the molecule is COc1ccc(OC)c2c1[C@@H]1C=C(C)[C@H]2CC1. The minimum atomic E-state index is 0.514. The van der Waals surface area contributed by atoms with Gasteiger partial charge in [0.2, 0.25) is 0 Å². The third kappa shape index (κ3) is 1.40. The number of rotatable bonds is 2. The zero-order chi connectivity index (χ0) is 12.0. The summed E-state index contributed by atoms with van der Waals surface area (Å²) >= 11 is 0. The number of hydrogen-bond donors (Lipinski definition) is 0. The lowest BCUT2D eigenvalue weighted by atomic mass is 9.67. The van der Waals surface area contributed by atoms with Gasteiger partial charge in [0.1, 0.15) is 11.5 Å². The molecule has 0 saturated heterocycles. The molecule has 90 valence electrons. The minimum absolute atomic E-state index is 0.514. The van der Waals surface area contributed by atoms with Gasteiger partial charge >= 0.3 is 0 Å². The highest BCUT2D eigenvalue weighted by atomic mass is 16.5. The van der Waals surface area contributed by atoms with Crippen LogP contribution in [0.3, 0.4) is 0 Å². The molecule has 2 heteroatoms. The molecule has 0 radical (unpaired) electrons. The van der Waals surface area contributed by atoms with E-state index in [9.17, 15) is 0 Å². The smallest absolute Gasteiger partial charge is 0.123 e. The first-order valence-electron chi connectivity index (χ1n) is 6.19. The summed E-state index contributed by atoms with van der Waals surface area (Å²) in [5.74, 6) is 3.07. The van der Waals surface area contributed by atoms with E-state index < -0.39 is 0 Å². The first kappa shape index (κ1) is 10.7. The molecule has 2 bridgehead atoms. The van der Waals surface area contributed by atoms with Crippen LogP contribution in [0, 0.1) is 0 Å². The summed E-state index contributed by atoms with van der Waals surface area (Å²) in [6.07, 6.45) is 4.88. The van der Waals surface area contributed by atoms with Crippen molar-refractivity contribution in [2.45, 2.75) is 31.6 Å². The van der Waals surface area contributed by atoms with E-state index in [0.717, 1.165) is 11.5 Å². The van der Waals surface area contributed by atoms with E-state index in [1.165, 1.54) is 29.5 Å². The van der Waals surface area contributed by atoms with Gasteiger partial charge in [0, 0.05) is 23.0 Å². The number of ether oxygens (including phenoxy) is 2. The van der Waals surface area contributed by atoms with Crippen molar-refractivity contribution in [1.82, 2.24) is 0 Å². The third-order valence-electron chi connectivity index (χ3n) is 4.15. The second-order valence-corrected chi connectivity index (χ2v) is 4.94. The lowest BCUT2D eigenvalue weighted by molar-refractivity contribution is 0.376. The summed E-state index contributed by atoms with van der Waals surface area (Å²) < 4.78 is 11.0. The van der Waals surface area contributed by atoms with E-state index in [1.54, 1.807) is 14.2 Å². The molecule has 2 nitrogen and oxygen atoms in total. The summed E-state index contributed by atoms with van der Waals surface area (Å²) in [6, 6.07) is 4.06. The Morgan fingerprint density at radius 3 is 2.24 bits per heavy atom. The Kier molecular flexibility index (Phi) is 2.39. The second kappa shape index (κ2) is 3.80. The van der Waals surface area contributed by atoms with E-state index >= 15 is 0 Å². The van der Waals surface area contributed by atoms with Crippen LogP contribution < -0.4 is 9.47 Å². The van der Waals surface area contributed by atoms with Crippen LogP contribution in [0.5, 0.6) is 11.5 Å². The fourth-order valence-electron chi connectivity index (χ4n) is 3.38. The molecular weight excluding hydrogens is 212 g/mol. The zero-order valence-electron chi connectivity index (χ0n) is 10.6. The Labute approximate surface area is 102 Å². The fourth-order valence-corrected chi connectivity index (χ4v) is 3.38. The topological polar surface area (TPSA) is 18.5 Å². The Balaban J connectivity index is 2.25. The van der Waals surface area contributed by atoms with E-state index in [2.05, 4.69) is 13.0 Å². The summed E-state index contributed by atoms with van der Waals surface area (Å²) in [5.41, 5.74) is 4.21. The van der Waals surface area contributed by atoms with Crippen molar-refractivity contribution in [2.24, 2.45) is 0 Å². The van der Waals surface area contributed by atoms with Crippen LogP contribution in [0.4, 0.5) is 0 Å². The van der Waals surface area contributed by atoms with Crippen LogP contribution in [0.1, 0.15) is 42.7 Å². The standard InChI is InChI=1S/C15H18O2/c1-9-8-10-4-5-11(9)15-13(17-3)7-6-12(16-2)14(10)15/h6-8,10-11H,4-5H2,1-3H3/t10-,11+/m0/s1. The van der Waals surface area contributed by atoms with Gasteiger partial charge in [0.15, 0.2) is 0 Å². The van der Waals surface area contributed by atoms with Gasteiger partial charge in [-0.2, -0.15) is 0 Å². The van der Waals surface area contributed by atoms with E-state index in [1.807, 2.05) is 12.1 Å². The van der Waals surface area contributed by atoms with E-state index in [4.69, 9.17) is 9.47 Å². The molecule has 1 aromatic rings. The van der Waals surface area contributed by atoms with Gasteiger partial charge in [-0.05, 0) is 31.9 Å². The molecule has 4 rings (SSSR count). The van der Waals surface area contributed by atoms with E-state index in [-0.39, 0.29) is 0 Å². The van der Waals surface area contributed by atoms with Crippen LogP contribution in [-0.4, -0.2) is 14.2 Å². The number of fused-ring (bicyclic) bond motifs is 1. The zero-order valence-corrected chi connectivity index (χ0v) is 10.6. The summed E-state index contributed by atoms with van der Waals surface area (Å²) in [5, 5.41) is 0. The Morgan fingerprint density at radius 1 is 1.00 bits per heavy atom. The molecule has 1 aromatic carbocycles. The predicted molar refractivity (Wildman–Crippen MR) is 68.0 cm³/mol. The predicted octanol–water partition coefficient (Wildman–Crippen LogP) is 3.62. The number of hydrogen-bond acceptors (Lipinski definition) is 2. The van der Waals surface area contributed by atoms with Gasteiger partial charge in [-0.25, -0.2) is 0 Å². The van der Waals surface area contributed by atoms with Crippen LogP contribution in [0.2, 0.25) is 0 Å². The summed E-state index contributed by atoms with van der Waals surface area (Å²) in [4.78, 5) is 0. The number of allylic oxidation sites excluding steroid dienone is 2. The largest absolute Gasteiger partial charge is 0.496 e. The monoisotopic (exact) mass is 230 g/mol. The van der Waals surface area contributed by atoms with Gasteiger partial charge in [-0.3, -0.25) is 0 Å². The van der Waals surface area contributed by atoms with Crippen molar-refractivity contribution in [3.63, 3.8) is 0 Å². The van der Waals surface area contributed by atoms with Crippen LogP contribution >= 0.6 is 0 Å². The first-order chi connectivity index (χ1) is 8.26. The van der Waals surface area contributed by atoms with Crippen molar-refractivity contribution < 1.29 is 9.47 Å². The minimum Gasteiger partial charge on any atom is -0.496 e. The maximum atomic E-state index is 5.53. The summed E-state index contributed by atoms with van der Waals surface area (Å²) in [6.45, 7) is 2.23. The van der Waals surface area contributed by atoms with Crippen molar-refractivity contribution in [3.05, 3.63) is 34.9 Å². The number of methoxy groups -OCH3 is 2. The molecule has 0 unspecified atom stereocenters. The molecule has 3 aliphatic rings. The van der Waals surface area contributed by atoms with Gasteiger partial charge in [-0.15, -0.1) is 0 Å². The van der Waals surface area contributed by atoms with Gasteiger partial charge < -0.3 is 9.47 Å². The van der Waals surface area contributed by atoms with Crippen LogP contribution in [-0.2, 0) is 0 Å². The average molecular weight is 230 g/mol. The molecule has 0 fully saturated rings. The Morgan fingerprint density at radius 2 is 1.65 bits per heavy atom. The van der Waals surface area contributed by atoms with Gasteiger partial charge in [-0.1, -0.05) is 11.6 Å². The molecule has 2 atom stereocenters. The maximum absolute atomic E-state index is 5.53. The molecule has 0 aliphatic heterocycles.